The van der Waals surface area contributed by atoms with Gasteiger partial charge in [-0.3, -0.25) is 0 Å². The molecule has 0 fully saturated rings. The molecule has 12 heavy (non-hydrogen) atoms. The van der Waals surface area contributed by atoms with Crippen LogP contribution in [0.5, 0.6) is 0 Å². The molecule has 0 bridgehead atoms. The van der Waals surface area contributed by atoms with Gasteiger partial charge >= 0.3 is 0 Å². The Labute approximate surface area is 82.1 Å². The summed E-state index contributed by atoms with van der Waals surface area (Å²) in [6, 6.07) is 7.86. The Hall–Kier alpha value is -0.470. The van der Waals surface area contributed by atoms with Gasteiger partial charge in [0.1, 0.15) is 15.7 Å². The number of hydrogen-bond acceptors (Lipinski definition) is 2. The van der Waals surface area contributed by atoms with Crippen molar-refractivity contribution in [3.8, 4) is 9.75 Å². The largest absolute Gasteiger partial charge is 0.151 e. The quantitative estimate of drug-likeness (QED) is 0.584. The molecule has 54 valence electrons. The second kappa shape index (κ2) is 3.11. The van der Waals surface area contributed by atoms with Crippen LogP contribution >= 0.6 is 22.7 Å². The molecule has 2 rings (SSSR count). The standard InChI is InChI=1S/C8H4B2S2/c9-7-3-1-5(11-7)6-2-4-8(10)12-6/h1-4H. The highest BCUT2D eigenvalue weighted by Gasteiger charge is 2.01. The fraction of sp³-hybridized carbons (Fsp3) is 0. The molecule has 0 saturated heterocycles. The van der Waals surface area contributed by atoms with Gasteiger partial charge in [-0.1, -0.05) is 12.1 Å². The molecule has 0 aliphatic rings. The Kier molecular flexibility index (Phi) is 2.11. The van der Waals surface area contributed by atoms with Gasteiger partial charge in [0.25, 0.3) is 0 Å². The molecule has 4 radical (unpaired) electrons. The zero-order chi connectivity index (χ0) is 8.55. The van der Waals surface area contributed by atoms with Gasteiger partial charge in [0.2, 0.25) is 0 Å². The zero-order valence-electron chi connectivity index (χ0n) is 6.28. The average molecular weight is 186 g/mol. The van der Waals surface area contributed by atoms with Gasteiger partial charge in [0.05, 0.1) is 0 Å². The predicted octanol–water partition coefficient (Wildman–Crippen LogP) is 1.06. The zero-order valence-corrected chi connectivity index (χ0v) is 7.91. The van der Waals surface area contributed by atoms with Gasteiger partial charge in [0.15, 0.2) is 0 Å². The third kappa shape index (κ3) is 1.50. The van der Waals surface area contributed by atoms with Crippen LogP contribution in [0.4, 0.5) is 0 Å². The normalized spacial score (nSPS) is 10.3. The summed E-state index contributed by atoms with van der Waals surface area (Å²) in [6.07, 6.45) is 0. The van der Waals surface area contributed by atoms with E-state index in [1.807, 2.05) is 24.3 Å². The summed E-state index contributed by atoms with van der Waals surface area (Å²) in [5.41, 5.74) is 0. The Morgan fingerprint density at radius 1 is 0.750 bits per heavy atom. The monoisotopic (exact) mass is 186 g/mol. The van der Waals surface area contributed by atoms with E-state index < -0.39 is 0 Å². The van der Waals surface area contributed by atoms with E-state index >= 15 is 0 Å². The van der Waals surface area contributed by atoms with Crippen LogP contribution in [0, 0.1) is 0 Å². The number of thiophene rings is 2. The molecule has 0 spiro atoms. The van der Waals surface area contributed by atoms with Crippen molar-refractivity contribution in [1.82, 2.24) is 0 Å². The molecule has 0 unspecified atom stereocenters. The second-order valence-corrected chi connectivity index (χ2v) is 4.63. The molecule has 0 amide bonds. The molecule has 0 N–H and O–H groups in total. The molecule has 0 aliphatic heterocycles. The van der Waals surface area contributed by atoms with Gasteiger partial charge in [-0.2, -0.15) is 22.7 Å². The highest BCUT2D eigenvalue weighted by molar-refractivity contribution is 7.28. The summed E-state index contributed by atoms with van der Waals surface area (Å²) in [6.45, 7) is 0. The van der Waals surface area contributed by atoms with Crippen molar-refractivity contribution in [3.63, 3.8) is 0 Å². The molecule has 0 atom stereocenters. The fourth-order valence-corrected chi connectivity index (χ4v) is 2.61. The lowest BCUT2D eigenvalue weighted by Gasteiger charge is -1.87. The van der Waals surface area contributed by atoms with Crippen LogP contribution in [0.2, 0.25) is 0 Å². The maximum atomic E-state index is 5.61. The van der Waals surface area contributed by atoms with Crippen LogP contribution in [0.15, 0.2) is 24.3 Å². The lowest BCUT2D eigenvalue weighted by molar-refractivity contribution is 1.95. The Morgan fingerprint density at radius 2 is 1.17 bits per heavy atom. The van der Waals surface area contributed by atoms with Gasteiger partial charge in [-0.15, -0.1) is 0 Å². The summed E-state index contributed by atoms with van der Waals surface area (Å²) in [7, 11) is 11.2. The summed E-state index contributed by atoms with van der Waals surface area (Å²) < 4.78 is 1.69. The summed E-state index contributed by atoms with van der Waals surface area (Å²) in [5, 5.41) is 0. The SMILES string of the molecule is [B]c1ccc(-c2ccc([B])s2)s1. The number of hydrogen-bond donors (Lipinski definition) is 0. The minimum atomic E-state index is 0.844. The third-order valence-electron chi connectivity index (χ3n) is 1.50. The average Bonchev–Trinajstić information content (AvgIpc) is 2.58. The molecule has 4 heteroatoms. The Bertz CT molecular complexity index is 351. The fourth-order valence-electron chi connectivity index (χ4n) is 0.971. The molecule has 2 aromatic heterocycles. The van der Waals surface area contributed by atoms with Crippen LogP contribution < -0.4 is 9.55 Å². The van der Waals surface area contributed by atoms with Crippen LogP contribution in [0.1, 0.15) is 0 Å². The first-order chi connectivity index (χ1) is 5.75. The van der Waals surface area contributed by atoms with Gasteiger partial charge in [0, 0.05) is 9.75 Å². The molecule has 0 saturated carbocycles. The molecule has 2 heterocycles. The minimum Gasteiger partial charge on any atom is -0.151 e. The summed E-state index contributed by atoms with van der Waals surface area (Å²) in [5.74, 6) is 0. The summed E-state index contributed by atoms with van der Waals surface area (Å²) in [4.78, 5) is 2.38. The third-order valence-corrected chi connectivity index (χ3v) is 3.52. The van der Waals surface area contributed by atoms with Crippen LogP contribution in [-0.2, 0) is 0 Å². The van der Waals surface area contributed by atoms with Crippen molar-refractivity contribution >= 4 is 47.9 Å². The lowest BCUT2D eigenvalue weighted by atomic mass is 10.1. The van der Waals surface area contributed by atoms with E-state index in [4.69, 9.17) is 15.7 Å². The van der Waals surface area contributed by atoms with E-state index in [-0.39, 0.29) is 0 Å². The van der Waals surface area contributed by atoms with Crippen molar-refractivity contribution in [2.75, 3.05) is 0 Å². The lowest BCUT2D eigenvalue weighted by Crippen LogP contribution is -1.89. The van der Waals surface area contributed by atoms with E-state index in [0.717, 1.165) is 9.55 Å². The summed E-state index contributed by atoms with van der Waals surface area (Å²) >= 11 is 3.17. The molecule has 0 aromatic carbocycles. The second-order valence-electron chi connectivity index (χ2n) is 2.40. The van der Waals surface area contributed by atoms with Crippen molar-refractivity contribution in [1.29, 1.82) is 0 Å². The molecule has 0 nitrogen and oxygen atoms in total. The van der Waals surface area contributed by atoms with E-state index in [1.165, 1.54) is 9.75 Å². The highest BCUT2D eigenvalue weighted by Crippen LogP contribution is 2.25. The van der Waals surface area contributed by atoms with Crippen molar-refractivity contribution < 1.29 is 0 Å². The van der Waals surface area contributed by atoms with Gasteiger partial charge in [-0.05, 0) is 21.7 Å². The van der Waals surface area contributed by atoms with Crippen molar-refractivity contribution in [2.45, 2.75) is 0 Å². The van der Waals surface area contributed by atoms with Gasteiger partial charge < -0.3 is 0 Å². The number of rotatable bonds is 1. The molecular weight excluding hydrogens is 182 g/mol. The minimum absolute atomic E-state index is 0.844. The molecule has 2 aromatic rings. The van der Waals surface area contributed by atoms with E-state index in [9.17, 15) is 0 Å². The van der Waals surface area contributed by atoms with E-state index in [2.05, 4.69) is 0 Å². The van der Waals surface area contributed by atoms with Crippen LogP contribution in [-0.4, -0.2) is 15.7 Å². The van der Waals surface area contributed by atoms with Gasteiger partial charge in [-0.25, -0.2) is 0 Å². The molecular formula is C8H4B2S2. The first-order valence-corrected chi connectivity index (χ1v) is 5.10. The first kappa shape index (κ1) is 8.14. The first-order valence-electron chi connectivity index (χ1n) is 3.47. The maximum Gasteiger partial charge on any atom is 0.128 e. The molecule has 0 aliphatic carbocycles. The van der Waals surface area contributed by atoms with E-state index in [1.54, 1.807) is 22.7 Å². The Balaban J connectivity index is 2.43. The smallest absolute Gasteiger partial charge is 0.128 e. The Morgan fingerprint density at radius 3 is 1.42 bits per heavy atom. The van der Waals surface area contributed by atoms with Crippen molar-refractivity contribution in [3.05, 3.63) is 24.3 Å². The highest BCUT2D eigenvalue weighted by atomic mass is 32.1. The maximum absolute atomic E-state index is 5.61. The van der Waals surface area contributed by atoms with Crippen molar-refractivity contribution in [2.24, 2.45) is 0 Å². The predicted molar refractivity (Wildman–Crippen MR) is 58.4 cm³/mol. The van der Waals surface area contributed by atoms with Crippen LogP contribution in [0.25, 0.3) is 9.75 Å². The van der Waals surface area contributed by atoms with Crippen LogP contribution in [0.3, 0.4) is 0 Å². The topological polar surface area (TPSA) is 0 Å². The van der Waals surface area contributed by atoms with E-state index in [0.29, 0.717) is 0 Å².